The van der Waals surface area contributed by atoms with Gasteiger partial charge in [-0.1, -0.05) is 48.9 Å². The summed E-state index contributed by atoms with van der Waals surface area (Å²) in [6, 6.07) is 13.9. The number of benzene rings is 2. The Balaban J connectivity index is 1.71. The second kappa shape index (κ2) is 10.2. The number of carbonyl (C=O) groups excluding carboxylic acids is 1. The van der Waals surface area contributed by atoms with Crippen LogP contribution in [0.4, 0.5) is 4.79 Å². The summed E-state index contributed by atoms with van der Waals surface area (Å²) in [5.74, 6) is -0.739. The molecule has 2 heterocycles. The maximum absolute atomic E-state index is 13.2. The highest BCUT2D eigenvalue weighted by atomic mass is 35.5. The molecule has 172 valence electrons. The highest BCUT2D eigenvalue weighted by Crippen LogP contribution is 2.43. The average molecular weight is 487 g/mol. The van der Waals surface area contributed by atoms with Crippen molar-refractivity contribution >= 4 is 35.0 Å². The van der Waals surface area contributed by atoms with E-state index in [0.29, 0.717) is 29.3 Å². The first kappa shape index (κ1) is 23.1. The SMILES string of the molecule is CCc1nc2c(s1)C(c1cc(Cl)ccc1OCC(=O)O)N(C(=O)OCc1ccccc1)CC2. The molecule has 2 aromatic carbocycles. The van der Waals surface area contributed by atoms with E-state index in [2.05, 4.69) is 0 Å². The first-order chi connectivity index (χ1) is 16.0. The molecule has 4 rings (SSSR count). The van der Waals surface area contributed by atoms with Gasteiger partial charge < -0.3 is 14.6 Å². The molecule has 1 aromatic heterocycles. The topological polar surface area (TPSA) is 89.0 Å². The Morgan fingerprint density at radius 2 is 2.03 bits per heavy atom. The minimum atomic E-state index is -1.09. The van der Waals surface area contributed by atoms with Gasteiger partial charge in [0.25, 0.3) is 0 Å². The molecular weight excluding hydrogens is 464 g/mol. The monoisotopic (exact) mass is 486 g/mol. The lowest BCUT2D eigenvalue weighted by atomic mass is 9.97. The molecule has 0 saturated carbocycles. The van der Waals surface area contributed by atoms with Crippen molar-refractivity contribution in [3.63, 3.8) is 0 Å². The van der Waals surface area contributed by atoms with Crippen LogP contribution in [0.15, 0.2) is 48.5 Å². The van der Waals surface area contributed by atoms with Crippen LogP contribution in [-0.4, -0.2) is 40.2 Å². The third-order valence-electron chi connectivity index (χ3n) is 5.28. The standard InChI is InChI=1S/C24H23ClN2O5S/c1-2-20-26-18-10-11-27(24(30)32-13-15-6-4-3-5-7-15)22(23(18)33-20)17-12-16(25)8-9-19(17)31-14-21(28)29/h3-9,12,22H,2,10-11,13-14H2,1H3,(H,28,29). The van der Waals surface area contributed by atoms with Crippen LogP contribution in [0.25, 0.3) is 0 Å². The third-order valence-corrected chi connectivity index (χ3v) is 6.81. The van der Waals surface area contributed by atoms with Gasteiger partial charge in [0, 0.05) is 23.6 Å². The van der Waals surface area contributed by atoms with Gasteiger partial charge in [-0.2, -0.15) is 0 Å². The number of aryl methyl sites for hydroxylation is 1. The zero-order chi connectivity index (χ0) is 23.4. The number of thiazole rings is 1. The normalized spacial score (nSPS) is 15.1. The van der Waals surface area contributed by atoms with E-state index in [9.17, 15) is 9.59 Å². The summed E-state index contributed by atoms with van der Waals surface area (Å²) >= 11 is 7.85. The number of hydrogen-bond donors (Lipinski definition) is 1. The largest absolute Gasteiger partial charge is 0.482 e. The molecule has 0 aliphatic carbocycles. The molecule has 1 atom stereocenters. The zero-order valence-corrected chi connectivity index (χ0v) is 19.6. The number of carboxylic acids is 1. The number of aromatic nitrogens is 1. The first-order valence-corrected chi connectivity index (χ1v) is 11.8. The van der Waals surface area contributed by atoms with Crippen LogP contribution in [0.1, 0.15) is 39.7 Å². The van der Waals surface area contributed by atoms with E-state index < -0.39 is 24.7 Å². The third kappa shape index (κ3) is 5.29. The lowest BCUT2D eigenvalue weighted by Gasteiger charge is -2.35. The molecule has 1 aliphatic rings. The van der Waals surface area contributed by atoms with Crippen LogP contribution < -0.4 is 4.74 Å². The summed E-state index contributed by atoms with van der Waals surface area (Å²) in [7, 11) is 0. The van der Waals surface area contributed by atoms with Crippen molar-refractivity contribution in [1.82, 2.24) is 9.88 Å². The minimum absolute atomic E-state index is 0.149. The maximum atomic E-state index is 13.2. The van der Waals surface area contributed by atoms with E-state index >= 15 is 0 Å². The summed E-state index contributed by atoms with van der Waals surface area (Å²) < 4.78 is 11.2. The molecule has 0 fully saturated rings. The smallest absolute Gasteiger partial charge is 0.410 e. The van der Waals surface area contributed by atoms with Gasteiger partial charge in [0.15, 0.2) is 6.61 Å². The molecule has 9 heteroatoms. The van der Waals surface area contributed by atoms with Crippen LogP contribution in [0.5, 0.6) is 5.75 Å². The predicted octanol–water partition coefficient (Wildman–Crippen LogP) is 5.11. The van der Waals surface area contributed by atoms with Gasteiger partial charge in [0.05, 0.1) is 15.6 Å². The molecule has 0 saturated heterocycles. The number of nitrogens with zero attached hydrogens (tertiary/aromatic N) is 2. The Bertz CT molecular complexity index is 1150. The van der Waals surface area contributed by atoms with Crippen LogP contribution in [0.2, 0.25) is 5.02 Å². The van der Waals surface area contributed by atoms with Crippen molar-refractivity contribution in [2.75, 3.05) is 13.2 Å². The Labute approximate surface area is 200 Å². The van der Waals surface area contributed by atoms with Gasteiger partial charge in [-0.15, -0.1) is 11.3 Å². The van der Waals surface area contributed by atoms with Gasteiger partial charge >= 0.3 is 12.1 Å². The second-order valence-electron chi connectivity index (χ2n) is 7.52. The van der Waals surface area contributed by atoms with Crippen molar-refractivity contribution in [3.8, 4) is 5.75 Å². The average Bonchev–Trinajstić information content (AvgIpc) is 3.25. The number of carbonyl (C=O) groups is 2. The van der Waals surface area contributed by atoms with Crippen molar-refractivity contribution < 1.29 is 24.2 Å². The minimum Gasteiger partial charge on any atom is -0.482 e. The van der Waals surface area contributed by atoms with Crippen LogP contribution in [-0.2, 0) is 29.0 Å². The van der Waals surface area contributed by atoms with Gasteiger partial charge in [-0.3, -0.25) is 4.90 Å². The second-order valence-corrected chi connectivity index (χ2v) is 9.07. The van der Waals surface area contributed by atoms with Gasteiger partial charge in [0.1, 0.15) is 18.4 Å². The first-order valence-electron chi connectivity index (χ1n) is 10.6. The molecule has 7 nitrogen and oxygen atoms in total. The number of rotatable bonds is 7. The summed E-state index contributed by atoms with van der Waals surface area (Å²) in [6.07, 6.45) is 0.917. The summed E-state index contributed by atoms with van der Waals surface area (Å²) in [5, 5.41) is 10.5. The summed E-state index contributed by atoms with van der Waals surface area (Å²) in [6.45, 7) is 2.08. The van der Waals surface area contributed by atoms with E-state index in [-0.39, 0.29) is 6.61 Å². The summed E-state index contributed by atoms with van der Waals surface area (Å²) in [5.41, 5.74) is 2.42. The highest BCUT2D eigenvalue weighted by Gasteiger charge is 2.37. The van der Waals surface area contributed by atoms with Gasteiger partial charge in [-0.25, -0.2) is 14.6 Å². The van der Waals surface area contributed by atoms with Crippen molar-refractivity contribution in [2.45, 2.75) is 32.4 Å². The zero-order valence-electron chi connectivity index (χ0n) is 18.0. The molecule has 0 spiro atoms. The molecule has 0 radical (unpaired) electrons. The summed E-state index contributed by atoms with van der Waals surface area (Å²) in [4.78, 5) is 31.6. The van der Waals surface area contributed by atoms with E-state index in [1.54, 1.807) is 23.1 Å². The molecule has 1 N–H and O–H groups in total. The molecular formula is C24H23ClN2O5S. The number of amides is 1. The fourth-order valence-electron chi connectivity index (χ4n) is 3.77. The number of ether oxygens (including phenoxy) is 2. The van der Waals surface area contributed by atoms with Crippen LogP contribution in [0.3, 0.4) is 0 Å². The maximum Gasteiger partial charge on any atom is 0.410 e. The van der Waals surface area contributed by atoms with E-state index in [1.807, 2.05) is 37.3 Å². The molecule has 1 amide bonds. The Kier molecular flexibility index (Phi) is 7.15. The fraction of sp³-hybridized carbons (Fsp3) is 0.292. The quantitative estimate of drug-likeness (QED) is 0.499. The van der Waals surface area contributed by atoms with Crippen molar-refractivity contribution in [2.24, 2.45) is 0 Å². The predicted molar refractivity (Wildman–Crippen MR) is 125 cm³/mol. The number of carboxylic acid groups (broad SMARTS) is 1. The molecule has 1 aliphatic heterocycles. The highest BCUT2D eigenvalue weighted by molar-refractivity contribution is 7.11. The Morgan fingerprint density at radius 3 is 2.76 bits per heavy atom. The molecule has 1 unspecified atom stereocenters. The number of aliphatic carboxylic acids is 1. The number of hydrogen-bond acceptors (Lipinski definition) is 6. The van der Waals surface area contributed by atoms with Crippen LogP contribution in [0, 0.1) is 0 Å². The van der Waals surface area contributed by atoms with Crippen molar-refractivity contribution in [1.29, 1.82) is 0 Å². The van der Waals surface area contributed by atoms with Gasteiger partial charge in [0.2, 0.25) is 0 Å². The van der Waals surface area contributed by atoms with E-state index in [4.69, 9.17) is 31.2 Å². The van der Waals surface area contributed by atoms with Crippen molar-refractivity contribution in [3.05, 3.63) is 80.3 Å². The number of halogens is 1. The molecule has 33 heavy (non-hydrogen) atoms. The molecule has 0 bridgehead atoms. The lowest BCUT2D eigenvalue weighted by molar-refractivity contribution is -0.139. The van der Waals surface area contributed by atoms with E-state index in [1.165, 1.54) is 11.3 Å². The van der Waals surface area contributed by atoms with Crippen LogP contribution >= 0.6 is 22.9 Å². The number of fused-ring (bicyclic) bond motifs is 1. The Morgan fingerprint density at radius 1 is 1.24 bits per heavy atom. The molecule has 3 aromatic rings. The van der Waals surface area contributed by atoms with Gasteiger partial charge in [-0.05, 0) is 30.2 Å². The lowest BCUT2D eigenvalue weighted by Crippen LogP contribution is -2.40. The Hall–Kier alpha value is -3.10. The van der Waals surface area contributed by atoms with E-state index in [0.717, 1.165) is 27.6 Å². The fourth-order valence-corrected chi connectivity index (χ4v) is 5.13.